The number of carbonyl (C=O) groups excluding carboxylic acids is 1. The molecule has 0 spiro atoms. The molecule has 0 saturated carbocycles. The number of ketones is 1. The van der Waals surface area contributed by atoms with Gasteiger partial charge in [-0.25, -0.2) is 28.1 Å². The fraction of sp³-hybridized carbons (Fsp3) is 0.400. The lowest BCUT2D eigenvalue weighted by Gasteiger charge is -2.36. The van der Waals surface area contributed by atoms with Crippen LogP contribution in [0, 0.1) is 11.7 Å². The summed E-state index contributed by atoms with van der Waals surface area (Å²) >= 11 is 1.14. The molecule has 0 bridgehead atoms. The smallest absolute Gasteiger partial charge is 0.264 e. The van der Waals surface area contributed by atoms with Gasteiger partial charge in [0.05, 0.1) is 26.1 Å². The molecule has 1 saturated heterocycles. The fourth-order valence-corrected chi connectivity index (χ4v) is 4.96. The van der Waals surface area contributed by atoms with E-state index in [0.29, 0.717) is 5.56 Å². The standard InChI is InChI=1S/C20H19F3N4O3S/c1-29-16-7-25-14(6-26-16)15(28)5-10-2-3-13(21)11(4-10)20-9-30-17(18(22)23)12(20)8-31-19(24)27-20/h2-4,6-7,12,17-18H,5,8-9H2,1H3,(H2,24,27)/t12-,17+,20-/m1/s1. The zero-order chi connectivity index (χ0) is 22.2. The van der Waals surface area contributed by atoms with Gasteiger partial charge in [0, 0.05) is 23.7 Å². The van der Waals surface area contributed by atoms with Crippen LogP contribution in [0.2, 0.25) is 0 Å². The molecule has 2 aliphatic heterocycles. The number of halogens is 3. The Bertz CT molecular complexity index is 1020. The van der Waals surface area contributed by atoms with Crippen LogP contribution < -0.4 is 10.5 Å². The van der Waals surface area contributed by atoms with Crippen LogP contribution in [0.1, 0.15) is 21.6 Å². The third kappa shape index (κ3) is 3.99. The average Bonchev–Trinajstić information content (AvgIpc) is 3.14. The SMILES string of the molecule is COc1cnc(C(=O)Cc2ccc(F)c([C@]34CO[C@H](C(F)F)[C@H]3CSC(N)=N4)c2)cn1. The Kier molecular flexibility index (Phi) is 5.89. The summed E-state index contributed by atoms with van der Waals surface area (Å²) in [5, 5.41) is 0.184. The monoisotopic (exact) mass is 452 g/mol. The molecule has 1 fully saturated rings. The molecule has 0 amide bonds. The first-order chi connectivity index (χ1) is 14.8. The molecule has 11 heteroatoms. The number of carbonyl (C=O) groups is 1. The molecule has 4 rings (SSSR count). The number of benzene rings is 1. The number of nitrogens with zero attached hydrogens (tertiary/aromatic N) is 3. The van der Waals surface area contributed by atoms with E-state index in [4.69, 9.17) is 15.2 Å². The van der Waals surface area contributed by atoms with E-state index in [1.165, 1.54) is 37.7 Å². The fourth-order valence-electron chi connectivity index (χ4n) is 3.91. The van der Waals surface area contributed by atoms with Crippen molar-refractivity contribution in [3.63, 3.8) is 0 Å². The number of rotatable bonds is 6. The second kappa shape index (κ2) is 8.46. The van der Waals surface area contributed by atoms with Crippen LogP contribution in [0.5, 0.6) is 5.88 Å². The Balaban J connectivity index is 1.67. The number of nitrogens with two attached hydrogens (primary N) is 1. The average molecular weight is 452 g/mol. The minimum absolute atomic E-state index is 0.0812. The number of thioether (sulfide) groups is 1. The molecule has 0 aliphatic carbocycles. The van der Waals surface area contributed by atoms with Gasteiger partial charge in [0.1, 0.15) is 23.2 Å². The number of Topliss-reactive ketones (excluding diaryl/α,β-unsaturated/α-hetero) is 1. The minimum Gasteiger partial charge on any atom is -0.480 e. The van der Waals surface area contributed by atoms with Gasteiger partial charge >= 0.3 is 0 Å². The van der Waals surface area contributed by atoms with Crippen LogP contribution in [0.25, 0.3) is 0 Å². The van der Waals surface area contributed by atoms with Gasteiger partial charge in [-0.05, 0) is 17.7 Å². The van der Waals surface area contributed by atoms with Gasteiger partial charge in [0.25, 0.3) is 6.43 Å². The van der Waals surface area contributed by atoms with Gasteiger partial charge in [0.2, 0.25) is 5.88 Å². The Morgan fingerprint density at radius 3 is 2.87 bits per heavy atom. The number of aliphatic imine (C=N–C) groups is 1. The lowest BCUT2D eigenvalue weighted by molar-refractivity contribution is -0.0359. The second-order valence-electron chi connectivity index (χ2n) is 7.26. The molecule has 2 aromatic rings. The molecule has 2 aliphatic rings. The van der Waals surface area contributed by atoms with Crippen molar-refractivity contribution in [2.75, 3.05) is 19.5 Å². The molecule has 1 aromatic heterocycles. The number of hydrogen-bond acceptors (Lipinski definition) is 8. The van der Waals surface area contributed by atoms with Gasteiger partial charge in [-0.3, -0.25) is 4.79 Å². The van der Waals surface area contributed by atoms with Crippen molar-refractivity contribution in [1.29, 1.82) is 0 Å². The zero-order valence-corrected chi connectivity index (χ0v) is 17.2. The summed E-state index contributed by atoms with van der Waals surface area (Å²) < 4.78 is 52.2. The molecule has 2 N–H and O–H groups in total. The molecule has 0 unspecified atom stereocenters. The highest BCUT2D eigenvalue weighted by molar-refractivity contribution is 8.13. The summed E-state index contributed by atoms with van der Waals surface area (Å²) in [5.74, 6) is -1.21. The van der Waals surface area contributed by atoms with E-state index in [0.717, 1.165) is 11.8 Å². The van der Waals surface area contributed by atoms with Crippen LogP contribution in [0.15, 0.2) is 35.6 Å². The van der Waals surface area contributed by atoms with E-state index < -0.39 is 29.8 Å². The summed E-state index contributed by atoms with van der Waals surface area (Å²) in [7, 11) is 1.43. The maximum atomic E-state index is 14.9. The van der Waals surface area contributed by atoms with Gasteiger partial charge in [-0.15, -0.1) is 0 Å². The van der Waals surface area contributed by atoms with E-state index in [-0.39, 0.29) is 46.9 Å². The zero-order valence-electron chi connectivity index (χ0n) is 16.4. The van der Waals surface area contributed by atoms with Crippen molar-refractivity contribution in [3.8, 4) is 5.88 Å². The number of ether oxygens (including phenoxy) is 2. The van der Waals surface area contributed by atoms with E-state index in [9.17, 15) is 18.0 Å². The van der Waals surface area contributed by atoms with Gasteiger partial charge in [-0.2, -0.15) is 0 Å². The van der Waals surface area contributed by atoms with Crippen molar-refractivity contribution in [1.82, 2.24) is 9.97 Å². The van der Waals surface area contributed by atoms with E-state index in [1.807, 2.05) is 0 Å². The maximum absolute atomic E-state index is 14.9. The van der Waals surface area contributed by atoms with Crippen molar-refractivity contribution in [3.05, 3.63) is 53.2 Å². The van der Waals surface area contributed by atoms with Gasteiger partial charge in [0.15, 0.2) is 11.0 Å². The maximum Gasteiger partial charge on any atom is 0.264 e. The highest BCUT2D eigenvalue weighted by Gasteiger charge is 2.56. The summed E-state index contributed by atoms with van der Waals surface area (Å²) in [6.45, 7) is -0.216. The van der Waals surface area contributed by atoms with Gasteiger partial charge in [-0.1, -0.05) is 17.8 Å². The highest BCUT2D eigenvalue weighted by Crippen LogP contribution is 2.49. The lowest BCUT2D eigenvalue weighted by Crippen LogP contribution is -2.43. The topological polar surface area (TPSA) is 99.7 Å². The molecular formula is C20H19F3N4O3S. The molecule has 164 valence electrons. The Morgan fingerprint density at radius 2 is 2.19 bits per heavy atom. The number of hydrogen-bond donors (Lipinski definition) is 1. The van der Waals surface area contributed by atoms with Crippen molar-refractivity contribution < 1.29 is 27.4 Å². The minimum atomic E-state index is -2.73. The second-order valence-corrected chi connectivity index (χ2v) is 8.30. The number of methoxy groups -OCH3 is 1. The largest absolute Gasteiger partial charge is 0.480 e. The quantitative estimate of drug-likeness (QED) is 0.673. The van der Waals surface area contributed by atoms with Crippen LogP contribution in [-0.4, -0.2) is 52.9 Å². The molecule has 1 aromatic carbocycles. The Hall–Kier alpha value is -2.66. The number of amidine groups is 1. The van der Waals surface area contributed by atoms with Crippen LogP contribution in [-0.2, 0) is 16.7 Å². The molecule has 3 atom stereocenters. The molecule has 0 radical (unpaired) electrons. The predicted molar refractivity (Wildman–Crippen MR) is 108 cm³/mol. The summed E-state index contributed by atoms with van der Waals surface area (Å²) in [6, 6.07) is 4.14. The number of alkyl halides is 2. The van der Waals surface area contributed by atoms with Crippen molar-refractivity contribution >= 4 is 22.7 Å². The van der Waals surface area contributed by atoms with Crippen molar-refractivity contribution in [2.45, 2.75) is 24.5 Å². The first-order valence-corrected chi connectivity index (χ1v) is 10.4. The van der Waals surface area contributed by atoms with Crippen LogP contribution in [0.4, 0.5) is 13.2 Å². The first kappa shape index (κ1) is 21.6. The molecule has 7 nitrogen and oxygen atoms in total. The highest BCUT2D eigenvalue weighted by atomic mass is 32.2. The van der Waals surface area contributed by atoms with Crippen LogP contribution in [0.3, 0.4) is 0 Å². The Morgan fingerprint density at radius 1 is 1.39 bits per heavy atom. The summed E-state index contributed by atoms with van der Waals surface area (Å²) in [5.41, 5.74) is 5.21. The van der Waals surface area contributed by atoms with Crippen LogP contribution >= 0.6 is 11.8 Å². The first-order valence-electron chi connectivity index (χ1n) is 9.40. The normalized spacial score (nSPS) is 25.3. The molecular weight excluding hydrogens is 433 g/mol. The van der Waals surface area contributed by atoms with E-state index >= 15 is 0 Å². The van der Waals surface area contributed by atoms with E-state index in [1.54, 1.807) is 0 Å². The van der Waals surface area contributed by atoms with E-state index in [2.05, 4.69) is 15.0 Å². The summed E-state index contributed by atoms with van der Waals surface area (Å²) in [4.78, 5) is 24.9. The Labute approximate surface area is 180 Å². The third-order valence-corrected chi connectivity index (χ3v) is 6.37. The van der Waals surface area contributed by atoms with Crippen molar-refractivity contribution in [2.24, 2.45) is 16.6 Å². The molecule has 3 heterocycles. The van der Waals surface area contributed by atoms with Gasteiger partial charge < -0.3 is 15.2 Å². The third-order valence-electron chi connectivity index (χ3n) is 5.46. The molecule has 31 heavy (non-hydrogen) atoms. The number of aromatic nitrogens is 2. The summed E-state index contributed by atoms with van der Waals surface area (Å²) in [6.07, 6.45) is -1.57. The predicted octanol–water partition coefficient (Wildman–Crippen LogP) is 2.59. The lowest BCUT2D eigenvalue weighted by atomic mass is 9.78. The number of fused-ring (bicyclic) bond motifs is 1.